The molecule has 1 atom stereocenters. The van der Waals surface area contributed by atoms with Crippen LogP contribution in [0.1, 0.15) is 50.6 Å². The number of phenolic OH excluding ortho intramolecular Hbond substituents is 1. The first-order valence-corrected chi connectivity index (χ1v) is 12.3. The summed E-state index contributed by atoms with van der Waals surface area (Å²) in [5, 5.41) is 21.7. The molecule has 2 aromatic carbocycles. The lowest BCUT2D eigenvalue weighted by molar-refractivity contribution is -0.132. The van der Waals surface area contributed by atoms with Gasteiger partial charge in [0.2, 0.25) is 0 Å². The summed E-state index contributed by atoms with van der Waals surface area (Å²) in [6.45, 7) is 7.10. The van der Waals surface area contributed by atoms with Crippen molar-refractivity contribution < 1.29 is 34.1 Å². The van der Waals surface area contributed by atoms with Gasteiger partial charge in [-0.05, 0) is 57.0 Å². The van der Waals surface area contributed by atoms with Crippen molar-refractivity contribution in [3.63, 3.8) is 0 Å². The standard InChI is InChI=1S/C27H26N2O7S/c1-6-36-26(34)24-15(4)28-27(37-24)29-21(16-9-10-18(30)19(12-16)35-5)20(23(32)25(29)33)22(31)17-11-13(2)7-8-14(17)3/h7-12,21,30-31H,6H2,1-5H3. The van der Waals surface area contributed by atoms with E-state index in [1.807, 2.05) is 19.1 Å². The lowest BCUT2D eigenvalue weighted by Crippen LogP contribution is -2.29. The van der Waals surface area contributed by atoms with E-state index in [4.69, 9.17) is 9.47 Å². The van der Waals surface area contributed by atoms with Crippen molar-refractivity contribution in [3.8, 4) is 11.5 Å². The van der Waals surface area contributed by atoms with Crippen LogP contribution in [-0.2, 0) is 14.3 Å². The zero-order valence-corrected chi connectivity index (χ0v) is 21.8. The summed E-state index contributed by atoms with van der Waals surface area (Å²) < 4.78 is 10.3. The van der Waals surface area contributed by atoms with E-state index in [-0.39, 0.29) is 39.4 Å². The Morgan fingerprint density at radius 2 is 1.86 bits per heavy atom. The number of hydrogen-bond donors (Lipinski definition) is 2. The Labute approximate surface area is 217 Å². The number of aromatic hydroxyl groups is 1. The van der Waals surface area contributed by atoms with Gasteiger partial charge in [0.25, 0.3) is 5.78 Å². The maximum Gasteiger partial charge on any atom is 0.350 e. The third kappa shape index (κ3) is 4.55. The number of phenols is 1. The highest BCUT2D eigenvalue weighted by Crippen LogP contribution is 2.45. The maximum absolute atomic E-state index is 13.4. The number of aliphatic hydroxyl groups is 1. The molecular formula is C27H26N2O7S. The minimum absolute atomic E-state index is 0.0970. The minimum atomic E-state index is -1.10. The Kier molecular flexibility index (Phi) is 7.04. The van der Waals surface area contributed by atoms with E-state index in [0.717, 1.165) is 21.8 Å². The molecule has 10 heteroatoms. The van der Waals surface area contributed by atoms with E-state index in [2.05, 4.69) is 4.98 Å². The summed E-state index contributed by atoms with van der Waals surface area (Å²) in [7, 11) is 1.38. The van der Waals surface area contributed by atoms with Crippen LogP contribution in [-0.4, -0.2) is 46.6 Å². The van der Waals surface area contributed by atoms with Gasteiger partial charge in [-0.15, -0.1) is 0 Å². The Morgan fingerprint density at radius 1 is 1.14 bits per heavy atom. The number of anilines is 1. The van der Waals surface area contributed by atoms with Gasteiger partial charge in [-0.2, -0.15) is 0 Å². The summed E-state index contributed by atoms with van der Waals surface area (Å²) in [5.41, 5.74) is 2.58. The van der Waals surface area contributed by atoms with Gasteiger partial charge in [-0.25, -0.2) is 9.78 Å². The second kappa shape index (κ2) is 10.1. The monoisotopic (exact) mass is 522 g/mol. The fraction of sp³-hybridized carbons (Fsp3) is 0.259. The zero-order chi connectivity index (χ0) is 27.0. The molecule has 1 fully saturated rings. The number of aliphatic hydroxyl groups excluding tert-OH is 1. The average molecular weight is 523 g/mol. The van der Waals surface area contributed by atoms with Crippen LogP contribution in [0.5, 0.6) is 11.5 Å². The second-order valence-electron chi connectivity index (χ2n) is 8.55. The maximum atomic E-state index is 13.4. The highest BCUT2D eigenvalue weighted by molar-refractivity contribution is 7.17. The van der Waals surface area contributed by atoms with E-state index in [1.54, 1.807) is 26.8 Å². The van der Waals surface area contributed by atoms with Gasteiger partial charge in [0.1, 0.15) is 10.6 Å². The summed E-state index contributed by atoms with van der Waals surface area (Å²) >= 11 is 0.920. The van der Waals surface area contributed by atoms with Crippen molar-refractivity contribution in [1.82, 2.24) is 4.98 Å². The van der Waals surface area contributed by atoms with Gasteiger partial charge < -0.3 is 19.7 Å². The van der Waals surface area contributed by atoms with E-state index >= 15 is 0 Å². The number of nitrogens with zero attached hydrogens (tertiary/aromatic N) is 2. The van der Waals surface area contributed by atoms with Gasteiger partial charge in [0.15, 0.2) is 16.6 Å². The first-order valence-electron chi connectivity index (χ1n) is 11.5. The van der Waals surface area contributed by atoms with Crippen LogP contribution >= 0.6 is 11.3 Å². The third-order valence-corrected chi connectivity index (χ3v) is 7.20. The lowest BCUT2D eigenvalue weighted by Gasteiger charge is -2.23. The SMILES string of the molecule is CCOC(=O)c1sc(N2C(=O)C(=O)C(=C(O)c3cc(C)ccc3C)C2c2ccc(O)c(OC)c2)nc1C. The Morgan fingerprint density at radius 3 is 2.54 bits per heavy atom. The fourth-order valence-corrected chi connectivity index (χ4v) is 5.20. The summed E-state index contributed by atoms with van der Waals surface area (Å²) in [4.78, 5) is 45.0. The van der Waals surface area contributed by atoms with Crippen LogP contribution < -0.4 is 9.64 Å². The molecule has 37 heavy (non-hydrogen) atoms. The van der Waals surface area contributed by atoms with Crippen LogP contribution in [0.2, 0.25) is 0 Å². The number of rotatable bonds is 6. The number of hydrogen-bond acceptors (Lipinski definition) is 9. The van der Waals surface area contributed by atoms with Crippen molar-refractivity contribution >= 4 is 39.9 Å². The molecule has 4 rings (SSSR count). The molecule has 1 unspecified atom stereocenters. The largest absolute Gasteiger partial charge is 0.507 e. The number of carbonyl (C=O) groups is 3. The van der Waals surface area contributed by atoms with E-state index < -0.39 is 23.7 Å². The Balaban J connectivity index is 1.98. The number of thiazole rings is 1. The normalized spacial score (nSPS) is 16.8. The highest BCUT2D eigenvalue weighted by atomic mass is 32.1. The lowest BCUT2D eigenvalue weighted by atomic mass is 9.93. The Hall–Kier alpha value is -4.18. The van der Waals surface area contributed by atoms with Crippen LogP contribution in [0.3, 0.4) is 0 Å². The van der Waals surface area contributed by atoms with Crippen LogP contribution in [0, 0.1) is 20.8 Å². The van der Waals surface area contributed by atoms with Gasteiger partial charge in [0.05, 0.1) is 31.0 Å². The minimum Gasteiger partial charge on any atom is -0.507 e. The molecule has 0 aliphatic carbocycles. The number of amides is 1. The molecule has 0 radical (unpaired) electrons. The quantitative estimate of drug-likeness (QED) is 0.208. The predicted octanol–water partition coefficient (Wildman–Crippen LogP) is 4.59. The molecule has 0 bridgehead atoms. The van der Waals surface area contributed by atoms with Crippen molar-refractivity contribution in [2.75, 3.05) is 18.6 Å². The first-order chi connectivity index (χ1) is 17.6. The molecule has 3 aromatic rings. The first kappa shape index (κ1) is 25.9. The number of esters is 1. The summed E-state index contributed by atoms with van der Waals surface area (Å²) in [6, 6.07) is 8.72. The number of ether oxygens (including phenoxy) is 2. The molecule has 1 saturated heterocycles. The topological polar surface area (TPSA) is 126 Å². The highest BCUT2D eigenvalue weighted by Gasteiger charge is 2.48. The van der Waals surface area contributed by atoms with Crippen LogP contribution in [0.4, 0.5) is 5.13 Å². The average Bonchev–Trinajstić information content (AvgIpc) is 3.37. The number of carbonyl (C=O) groups excluding carboxylic acids is 3. The summed E-state index contributed by atoms with van der Waals surface area (Å²) in [5.74, 6) is -2.74. The smallest absolute Gasteiger partial charge is 0.350 e. The molecule has 2 N–H and O–H groups in total. The van der Waals surface area contributed by atoms with E-state index in [9.17, 15) is 24.6 Å². The molecule has 1 aromatic heterocycles. The second-order valence-corrected chi connectivity index (χ2v) is 9.53. The predicted molar refractivity (Wildman–Crippen MR) is 138 cm³/mol. The number of methoxy groups -OCH3 is 1. The Bertz CT molecular complexity index is 1460. The van der Waals surface area contributed by atoms with Crippen molar-refractivity contribution in [2.45, 2.75) is 33.7 Å². The molecular weight excluding hydrogens is 496 g/mol. The molecule has 1 amide bonds. The van der Waals surface area contributed by atoms with Crippen LogP contribution in [0.25, 0.3) is 5.76 Å². The van der Waals surface area contributed by atoms with Crippen molar-refractivity contribution in [2.24, 2.45) is 0 Å². The number of aromatic nitrogens is 1. The molecule has 192 valence electrons. The number of Topliss-reactive ketones (excluding diaryl/α,β-unsaturated/α-hetero) is 1. The van der Waals surface area contributed by atoms with Gasteiger partial charge in [-0.3, -0.25) is 14.5 Å². The molecule has 9 nitrogen and oxygen atoms in total. The van der Waals surface area contributed by atoms with E-state index in [1.165, 1.54) is 25.3 Å². The summed E-state index contributed by atoms with van der Waals surface area (Å²) in [6.07, 6.45) is 0. The molecule has 0 saturated carbocycles. The van der Waals surface area contributed by atoms with Crippen LogP contribution in [0.15, 0.2) is 42.0 Å². The fourth-order valence-electron chi connectivity index (χ4n) is 4.22. The van der Waals surface area contributed by atoms with Gasteiger partial charge in [0, 0.05) is 5.56 Å². The number of benzene rings is 2. The van der Waals surface area contributed by atoms with Gasteiger partial charge in [-0.1, -0.05) is 35.1 Å². The van der Waals surface area contributed by atoms with Crippen molar-refractivity contribution in [3.05, 3.63) is 74.8 Å². The number of ketones is 1. The molecule has 1 aliphatic heterocycles. The number of aryl methyl sites for hydroxylation is 3. The molecule has 0 spiro atoms. The van der Waals surface area contributed by atoms with Crippen molar-refractivity contribution in [1.29, 1.82) is 0 Å². The zero-order valence-electron chi connectivity index (χ0n) is 21.0. The molecule has 1 aliphatic rings. The molecule has 2 heterocycles. The van der Waals surface area contributed by atoms with Gasteiger partial charge >= 0.3 is 11.9 Å². The third-order valence-electron chi connectivity index (χ3n) is 6.06. The van der Waals surface area contributed by atoms with E-state index in [0.29, 0.717) is 22.4 Å².